The van der Waals surface area contributed by atoms with Crippen LogP contribution in [0.2, 0.25) is 0 Å². The van der Waals surface area contributed by atoms with Crippen LogP contribution in [0.1, 0.15) is 88.5 Å². The van der Waals surface area contributed by atoms with Crippen LogP contribution in [0.3, 0.4) is 0 Å². The minimum Gasteiger partial charge on any atom is -0.474 e. The molecule has 180 valence electrons. The zero-order valence-corrected chi connectivity index (χ0v) is 20.5. The van der Waals surface area contributed by atoms with Gasteiger partial charge < -0.3 is 20.5 Å². The molecule has 0 bridgehead atoms. The van der Waals surface area contributed by atoms with Crippen LogP contribution in [-0.4, -0.2) is 39.7 Å². The Morgan fingerprint density at radius 2 is 1.94 bits per heavy atom. The number of carbonyl (C=O) groups is 2. The lowest BCUT2D eigenvalue weighted by Crippen LogP contribution is -2.42. The molecule has 8 nitrogen and oxygen atoms in total. The largest absolute Gasteiger partial charge is 0.474 e. The van der Waals surface area contributed by atoms with Crippen LogP contribution in [0, 0.1) is 0 Å². The Bertz CT molecular complexity index is 1010. The molecule has 2 aromatic rings. The molecule has 0 radical (unpaired) electrons. The molecule has 2 aliphatic rings. The highest BCUT2D eigenvalue weighted by Gasteiger charge is 2.30. The average molecular weight is 475 g/mol. The van der Waals surface area contributed by atoms with E-state index in [4.69, 9.17) is 15.2 Å². The summed E-state index contributed by atoms with van der Waals surface area (Å²) in [5.74, 6) is 0.676. The average Bonchev–Trinajstić information content (AvgIpc) is 3.12. The summed E-state index contributed by atoms with van der Waals surface area (Å²) in [5, 5.41) is 3.99. The number of rotatable bonds is 6. The number of fused-ring (bicyclic) bond motifs is 3. The van der Waals surface area contributed by atoms with Crippen molar-refractivity contribution in [2.45, 2.75) is 102 Å². The van der Waals surface area contributed by atoms with E-state index in [1.807, 2.05) is 20.8 Å². The topological polar surface area (TPSA) is 116 Å². The number of nitrogens with one attached hydrogen (secondary N) is 1. The van der Waals surface area contributed by atoms with Gasteiger partial charge in [0.1, 0.15) is 22.9 Å². The van der Waals surface area contributed by atoms with Crippen LogP contribution in [0.5, 0.6) is 5.88 Å². The van der Waals surface area contributed by atoms with Crippen LogP contribution >= 0.6 is 11.3 Å². The van der Waals surface area contributed by atoms with Gasteiger partial charge in [-0.25, -0.2) is 14.8 Å². The maximum absolute atomic E-state index is 12.1. The van der Waals surface area contributed by atoms with Crippen molar-refractivity contribution in [3.8, 4) is 5.88 Å². The van der Waals surface area contributed by atoms with Crippen molar-refractivity contribution in [1.29, 1.82) is 0 Å². The van der Waals surface area contributed by atoms with Crippen molar-refractivity contribution < 1.29 is 19.1 Å². The number of primary amides is 1. The van der Waals surface area contributed by atoms with E-state index >= 15 is 0 Å². The molecule has 33 heavy (non-hydrogen) atoms. The highest BCUT2D eigenvalue weighted by molar-refractivity contribution is 7.18. The molecule has 0 aliphatic heterocycles. The maximum atomic E-state index is 12.1. The molecule has 1 saturated carbocycles. The Morgan fingerprint density at radius 1 is 1.18 bits per heavy atom. The monoisotopic (exact) mass is 474 g/mol. The number of amides is 2. The number of hydrogen-bond donors (Lipinski definition) is 2. The number of carbonyl (C=O) groups excluding carboxylic acids is 2. The van der Waals surface area contributed by atoms with E-state index in [0.29, 0.717) is 12.3 Å². The summed E-state index contributed by atoms with van der Waals surface area (Å²) in [6.45, 7) is 5.59. The first-order valence-electron chi connectivity index (χ1n) is 11.9. The highest BCUT2D eigenvalue weighted by Crippen LogP contribution is 2.46. The van der Waals surface area contributed by atoms with E-state index < -0.39 is 5.60 Å². The summed E-state index contributed by atoms with van der Waals surface area (Å²) in [7, 11) is 0. The summed E-state index contributed by atoms with van der Waals surface area (Å²) in [6.07, 6.45) is 8.93. The van der Waals surface area contributed by atoms with Crippen molar-refractivity contribution in [1.82, 2.24) is 15.3 Å². The number of thiophene rings is 1. The lowest BCUT2D eigenvalue weighted by molar-refractivity contribution is -0.118. The summed E-state index contributed by atoms with van der Waals surface area (Å²) < 4.78 is 11.8. The molecule has 4 rings (SSSR count). The molecule has 1 atom stereocenters. The standard InChI is InChI=1S/C24H34N4O4S/c1-24(2,3)32-23(30)28-15-8-10-16(11-9-15)31-21-20-19-14(7-12-18(25)29)5-4-6-17(19)33-22(20)27-13-26-21/h13-16H,4-12H2,1-3H3,(H2,25,29)(H,28,30)/t14-,15?,16?/m0/s1. The number of aryl methyl sites for hydroxylation is 1. The second-order valence-corrected chi connectivity index (χ2v) is 11.2. The lowest BCUT2D eigenvalue weighted by atomic mass is 9.83. The summed E-state index contributed by atoms with van der Waals surface area (Å²) in [4.78, 5) is 34.8. The maximum Gasteiger partial charge on any atom is 0.407 e. The predicted molar refractivity (Wildman–Crippen MR) is 128 cm³/mol. The lowest BCUT2D eigenvalue weighted by Gasteiger charge is -2.30. The Morgan fingerprint density at radius 3 is 2.64 bits per heavy atom. The van der Waals surface area contributed by atoms with Crippen LogP contribution < -0.4 is 15.8 Å². The van der Waals surface area contributed by atoms with Gasteiger partial charge in [-0.1, -0.05) is 0 Å². The van der Waals surface area contributed by atoms with Crippen LogP contribution in [-0.2, 0) is 16.0 Å². The molecule has 0 spiro atoms. The number of nitrogens with two attached hydrogens (primary N) is 1. The van der Waals surface area contributed by atoms with Crippen LogP contribution in [0.15, 0.2) is 6.33 Å². The third-order valence-corrected chi connectivity index (χ3v) is 7.52. The molecule has 3 N–H and O–H groups in total. The fourth-order valence-corrected chi connectivity index (χ4v) is 6.15. The molecule has 2 heterocycles. The van der Waals surface area contributed by atoms with E-state index in [-0.39, 0.29) is 30.1 Å². The second-order valence-electron chi connectivity index (χ2n) is 10.1. The van der Waals surface area contributed by atoms with Crippen molar-refractivity contribution in [2.75, 3.05) is 0 Å². The van der Waals surface area contributed by atoms with Gasteiger partial charge >= 0.3 is 6.09 Å². The normalized spacial score (nSPS) is 23.1. The SMILES string of the molecule is CC(C)(C)OC(=O)NC1CCC(Oc2ncnc3sc4c(c23)[C@H](CCC(N)=O)CCC4)CC1. The van der Waals surface area contributed by atoms with Crippen molar-refractivity contribution in [3.05, 3.63) is 16.8 Å². The number of ether oxygens (including phenoxy) is 2. The van der Waals surface area contributed by atoms with Crippen LogP contribution in [0.4, 0.5) is 4.79 Å². The van der Waals surface area contributed by atoms with E-state index in [2.05, 4.69) is 15.3 Å². The van der Waals surface area contributed by atoms with E-state index in [1.54, 1.807) is 17.7 Å². The van der Waals surface area contributed by atoms with Gasteiger partial charge in [-0.3, -0.25) is 4.79 Å². The Hall–Kier alpha value is -2.42. The van der Waals surface area contributed by atoms with Gasteiger partial charge in [-0.15, -0.1) is 11.3 Å². The molecular formula is C24H34N4O4S. The Labute approximate surface area is 198 Å². The first-order chi connectivity index (χ1) is 15.7. The first kappa shape index (κ1) is 23.7. The summed E-state index contributed by atoms with van der Waals surface area (Å²) in [6, 6.07) is 0.0946. The molecular weight excluding hydrogens is 440 g/mol. The van der Waals surface area contributed by atoms with Gasteiger partial charge in [0.15, 0.2) is 0 Å². The van der Waals surface area contributed by atoms with Gasteiger partial charge in [-0.05, 0) is 83.6 Å². The molecule has 2 aromatic heterocycles. The minimum atomic E-state index is -0.502. The van der Waals surface area contributed by atoms with Crippen molar-refractivity contribution in [2.24, 2.45) is 5.73 Å². The summed E-state index contributed by atoms with van der Waals surface area (Å²) in [5.41, 5.74) is 6.18. The van der Waals surface area contributed by atoms with Gasteiger partial charge in [0.05, 0.1) is 5.39 Å². The van der Waals surface area contributed by atoms with E-state index in [1.165, 1.54) is 10.4 Å². The first-order valence-corrected chi connectivity index (χ1v) is 12.7. The zero-order chi connectivity index (χ0) is 23.6. The third kappa shape index (κ3) is 5.93. The van der Waals surface area contributed by atoms with Gasteiger partial charge in [0.2, 0.25) is 11.8 Å². The zero-order valence-electron chi connectivity index (χ0n) is 19.7. The Balaban J connectivity index is 1.44. The van der Waals surface area contributed by atoms with Gasteiger partial charge in [-0.2, -0.15) is 0 Å². The fourth-order valence-electron chi connectivity index (χ4n) is 4.90. The van der Waals surface area contributed by atoms with Gasteiger partial charge in [0.25, 0.3) is 0 Å². The molecule has 2 amide bonds. The van der Waals surface area contributed by atoms with E-state index in [0.717, 1.165) is 61.6 Å². The Kier molecular flexibility index (Phi) is 7.07. The minimum absolute atomic E-state index is 0.0444. The molecule has 9 heteroatoms. The third-order valence-electron chi connectivity index (χ3n) is 6.34. The smallest absolute Gasteiger partial charge is 0.407 e. The number of nitrogens with zero attached hydrogens (tertiary/aromatic N) is 2. The predicted octanol–water partition coefficient (Wildman–Crippen LogP) is 4.59. The van der Waals surface area contributed by atoms with Crippen molar-refractivity contribution in [3.63, 3.8) is 0 Å². The van der Waals surface area contributed by atoms with Crippen molar-refractivity contribution >= 4 is 33.6 Å². The summed E-state index contributed by atoms with van der Waals surface area (Å²) >= 11 is 1.72. The molecule has 1 fully saturated rings. The molecule has 0 aromatic carbocycles. The molecule has 0 unspecified atom stereocenters. The highest BCUT2D eigenvalue weighted by atomic mass is 32.1. The number of alkyl carbamates (subject to hydrolysis) is 1. The van der Waals surface area contributed by atoms with Crippen LogP contribution in [0.25, 0.3) is 10.2 Å². The molecule has 2 aliphatic carbocycles. The van der Waals surface area contributed by atoms with Gasteiger partial charge in [0, 0.05) is 17.3 Å². The molecule has 0 saturated heterocycles. The fraction of sp³-hybridized carbons (Fsp3) is 0.667. The number of hydrogen-bond acceptors (Lipinski definition) is 7. The van der Waals surface area contributed by atoms with E-state index in [9.17, 15) is 9.59 Å². The number of aromatic nitrogens is 2. The second kappa shape index (κ2) is 9.83. The quantitative estimate of drug-likeness (QED) is 0.632.